The molecule has 0 aliphatic heterocycles. The number of amides is 2. The molecule has 0 spiro atoms. The third-order valence-corrected chi connectivity index (χ3v) is 4.05. The summed E-state index contributed by atoms with van der Waals surface area (Å²) in [4.78, 5) is 23.7. The van der Waals surface area contributed by atoms with Gasteiger partial charge in [0.1, 0.15) is 12.2 Å². The van der Waals surface area contributed by atoms with Crippen LogP contribution in [-0.2, 0) is 16.1 Å². The number of carbonyl (C=O) groups excluding carboxylic acids is 2. The Hall–Kier alpha value is -2.28. The number of nitrogens with one attached hydrogen (secondary N) is 2. The van der Waals surface area contributed by atoms with Crippen LogP contribution in [0.1, 0.15) is 45.6 Å². The number of ether oxygens (including phenoxy) is 2. The SMILES string of the molecule is CC(C)(C)OC(=O)N[C@@H]1CC[C@@H](NC(=O)OCc2ccccc2)[C@H](O)C1. The lowest BCUT2D eigenvalue weighted by molar-refractivity contribution is 0.0390. The van der Waals surface area contributed by atoms with E-state index in [0.717, 1.165) is 5.56 Å². The molecule has 1 aliphatic carbocycles. The van der Waals surface area contributed by atoms with Crippen LogP contribution in [0.15, 0.2) is 30.3 Å². The molecular weight excluding hydrogens is 336 g/mol. The van der Waals surface area contributed by atoms with Crippen molar-refractivity contribution in [1.82, 2.24) is 10.6 Å². The lowest BCUT2D eigenvalue weighted by Gasteiger charge is -2.34. The van der Waals surface area contributed by atoms with Gasteiger partial charge in [-0.2, -0.15) is 0 Å². The molecule has 0 radical (unpaired) electrons. The molecule has 2 rings (SSSR count). The van der Waals surface area contributed by atoms with E-state index in [2.05, 4.69) is 10.6 Å². The van der Waals surface area contributed by atoms with Gasteiger partial charge in [-0.3, -0.25) is 0 Å². The Morgan fingerprint density at radius 1 is 1.12 bits per heavy atom. The number of hydrogen-bond acceptors (Lipinski definition) is 5. The van der Waals surface area contributed by atoms with E-state index in [1.165, 1.54) is 0 Å². The van der Waals surface area contributed by atoms with Crippen LogP contribution in [0.4, 0.5) is 9.59 Å². The monoisotopic (exact) mass is 364 g/mol. The predicted octanol–water partition coefficient (Wildman–Crippen LogP) is 2.72. The van der Waals surface area contributed by atoms with Crippen LogP contribution in [0, 0.1) is 0 Å². The molecule has 3 atom stereocenters. The van der Waals surface area contributed by atoms with Crippen LogP contribution in [0.5, 0.6) is 0 Å². The molecule has 0 saturated heterocycles. The van der Waals surface area contributed by atoms with E-state index in [0.29, 0.717) is 19.3 Å². The maximum absolute atomic E-state index is 11.9. The quantitative estimate of drug-likeness (QED) is 0.763. The first-order valence-corrected chi connectivity index (χ1v) is 8.88. The Morgan fingerprint density at radius 3 is 2.42 bits per heavy atom. The van der Waals surface area contributed by atoms with Crippen molar-refractivity contribution in [1.29, 1.82) is 0 Å². The van der Waals surface area contributed by atoms with E-state index in [1.807, 2.05) is 30.3 Å². The first-order chi connectivity index (χ1) is 12.2. The highest BCUT2D eigenvalue weighted by Crippen LogP contribution is 2.20. The number of benzene rings is 1. The fourth-order valence-electron chi connectivity index (χ4n) is 2.84. The highest BCUT2D eigenvalue weighted by molar-refractivity contribution is 5.68. The van der Waals surface area contributed by atoms with Crippen LogP contribution in [0.25, 0.3) is 0 Å². The van der Waals surface area contributed by atoms with Gasteiger partial charge in [-0.1, -0.05) is 30.3 Å². The molecule has 144 valence electrons. The van der Waals surface area contributed by atoms with Gasteiger partial charge in [-0.15, -0.1) is 0 Å². The topological polar surface area (TPSA) is 96.9 Å². The van der Waals surface area contributed by atoms with Gasteiger partial charge in [0.05, 0.1) is 12.1 Å². The minimum Gasteiger partial charge on any atom is -0.445 e. The second kappa shape index (κ2) is 8.89. The van der Waals surface area contributed by atoms with Crippen LogP contribution in [-0.4, -0.2) is 41.1 Å². The average molecular weight is 364 g/mol. The minimum atomic E-state index is -0.757. The molecule has 1 fully saturated rings. The fourth-order valence-corrected chi connectivity index (χ4v) is 2.84. The normalized spacial score (nSPS) is 23.0. The maximum atomic E-state index is 11.9. The smallest absolute Gasteiger partial charge is 0.407 e. The van der Waals surface area contributed by atoms with Crippen molar-refractivity contribution >= 4 is 12.2 Å². The van der Waals surface area contributed by atoms with Gasteiger partial charge in [0.2, 0.25) is 0 Å². The van der Waals surface area contributed by atoms with Gasteiger partial charge in [-0.25, -0.2) is 9.59 Å². The maximum Gasteiger partial charge on any atom is 0.407 e. The Morgan fingerprint density at radius 2 is 1.81 bits per heavy atom. The summed E-state index contributed by atoms with van der Waals surface area (Å²) in [6.45, 7) is 5.56. The Kier molecular flexibility index (Phi) is 6.85. The highest BCUT2D eigenvalue weighted by Gasteiger charge is 2.32. The predicted molar refractivity (Wildman–Crippen MR) is 96.6 cm³/mol. The summed E-state index contributed by atoms with van der Waals surface area (Å²) in [5.41, 5.74) is 0.331. The van der Waals surface area contributed by atoms with Crippen molar-refractivity contribution in [2.45, 2.75) is 70.4 Å². The van der Waals surface area contributed by atoms with E-state index < -0.39 is 29.9 Å². The molecule has 7 nitrogen and oxygen atoms in total. The second-order valence-electron chi connectivity index (χ2n) is 7.54. The standard InChI is InChI=1S/C19H28N2O5/c1-19(2,3)26-18(24)20-14-9-10-15(16(22)11-14)21-17(23)25-12-13-7-5-4-6-8-13/h4-8,14-16,22H,9-12H2,1-3H3,(H,20,24)(H,21,23)/t14-,15-,16-/m1/s1. The van der Waals surface area contributed by atoms with Crippen LogP contribution in [0.3, 0.4) is 0 Å². The molecule has 0 heterocycles. The lowest BCUT2D eigenvalue weighted by Crippen LogP contribution is -2.52. The van der Waals surface area contributed by atoms with Gasteiger partial charge in [0.25, 0.3) is 0 Å². The summed E-state index contributed by atoms with van der Waals surface area (Å²) in [6.07, 6.45) is -0.280. The molecule has 7 heteroatoms. The highest BCUT2D eigenvalue weighted by atomic mass is 16.6. The van der Waals surface area contributed by atoms with Gasteiger partial charge >= 0.3 is 12.2 Å². The zero-order chi connectivity index (χ0) is 19.2. The van der Waals surface area contributed by atoms with Gasteiger partial charge in [0, 0.05) is 6.04 Å². The molecule has 2 amide bonds. The summed E-state index contributed by atoms with van der Waals surface area (Å²) in [5.74, 6) is 0. The minimum absolute atomic E-state index is 0.179. The number of aliphatic hydroxyl groups is 1. The first kappa shape index (κ1) is 20.0. The molecule has 0 bridgehead atoms. The summed E-state index contributed by atoms with van der Waals surface area (Å²) >= 11 is 0. The molecule has 1 aromatic rings. The van der Waals surface area contributed by atoms with Crippen LogP contribution >= 0.6 is 0 Å². The summed E-state index contributed by atoms with van der Waals surface area (Å²) in [5, 5.41) is 15.7. The molecular formula is C19H28N2O5. The molecule has 0 unspecified atom stereocenters. The zero-order valence-electron chi connectivity index (χ0n) is 15.5. The summed E-state index contributed by atoms with van der Waals surface area (Å²) in [6, 6.07) is 8.81. The van der Waals surface area contributed by atoms with Gasteiger partial charge < -0.3 is 25.2 Å². The number of rotatable bonds is 4. The van der Waals surface area contributed by atoms with Gasteiger partial charge in [-0.05, 0) is 45.6 Å². The third-order valence-electron chi connectivity index (χ3n) is 4.05. The van der Waals surface area contributed by atoms with Crippen molar-refractivity contribution in [3.63, 3.8) is 0 Å². The van der Waals surface area contributed by atoms with Gasteiger partial charge in [0.15, 0.2) is 0 Å². The number of alkyl carbamates (subject to hydrolysis) is 2. The van der Waals surface area contributed by atoms with Crippen LogP contribution in [0.2, 0.25) is 0 Å². The molecule has 0 aromatic heterocycles. The van der Waals surface area contributed by atoms with E-state index in [9.17, 15) is 14.7 Å². The van der Waals surface area contributed by atoms with Crippen molar-refractivity contribution in [3.05, 3.63) is 35.9 Å². The number of carbonyl (C=O) groups is 2. The molecule has 1 aliphatic rings. The first-order valence-electron chi connectivity index (χ1n) is 8.88. The second-order valence-corrected chi connectivity index (χ2v) is 7.54. The molecule has 26 heavy (non-hydrogen) atoms. The van der Waals surface area contributed by atoms with E-state index >= 15 is 0 Å². The van der Waals surface area contributed by atoms with E-state index in [4.69, 9.17) is 9.47 Å². The van der Waals surface area contributed by atoms with E-state index in [-0.39, 0.29) is 12.6 Å². The number of hydrogen-bond donors (Lipinski definition) is 3. The van der Waals surface area contributed by atoms with Crippen molar-refractivity contribution in [3.8, 4) is 0 Å². The number of aliphatic hydroxyl groups excluding tert-OH is 1. The Labute approximate surface area is 154 Å². The van der Waals surface area contributed by atoms with Crippen molar-refractivity contribution in [2.75, 3.05) is 0 Å². The molecule has 3 N–H and O–H groups in total. The van der Waals surface area contributed by atoms with Crippen molar-refractivity contribution < 1.29 is 24.2 Å². The Balaban J connectivity index is 1.72. The average Bonchev–Trinajstić information content (AvgIpc) is 2.55. The Bertz CT molecular complexity index is 600. The molecule has 1 saturated carbocycles. The summed E-state index contributed by atoms with van der Waals surface area (Å²) in [7, 11) is 0. The molecule has 1 aromatic carbocycles. The fraction of sp³-hybridized carbons (Fsp3) is 0.579. The summed E-state index contributed by atoms with van der Waals surface area (Å²) < 4.78 is 10.4. The lowest BCUT2D eigenvalue weighted by atomic mass is 9.89. The zero-order valence-corrected chi connectivity index (χ0v) is 15.5. The van der Waals surface area contributed by atoms with Crippen molar-refractivity contribution in [2.24, 2.45) is 0 Å². The van der Waals surface area contributed by atoms with Crippen LogP contribution < -0.4 is 10.6 Å². The van der Waals surface area contributed by atoms with E-state index in [1.54, 1.807) is 20.8 Å². The largest absolute Gasteiger partial charge is 0.445 e. The third kappa shape index (κ3) is 6.92.